The number of hydrogen-bond acceptors (Lipinski definition) is 3. The van der Waals surface area contributed by atoms with Gasteiger partial charge in [-0.3, -0.25) is 0 Å². The first-order chi connectivity index (χ1) is 10.1. The van der Waals surface area contributed by atoms with Crippen molar-refractivity contribution in [2.45, 2.75) is 37.1 Å². The van der Waals surface area contributed by atoms with Gasteiger partial charge in [-0.2, -0.15) is 4.31 Å². The van der Waals surface area contributed by atoms with Crippen LogP contribution < -0.4 is 0 Å². The lowest BCUT2D eigenvalue weighted by Gasteiger charge is -2.20. The van der Waals surface area contributed by atoms with Crippen LogP contribution in [0.3, 0.4) is 0 Å². The van der Waals surface area contributed by atoms with Crippen LogP contribution in [0.1, 0.15) is 28.8 Å². The number of rotatable bonds is 4. The summed E-state index contributed by atoms with van der Waals surface area (Å²) in [6, 6.07) is 9.52. The Bertz CT molecular complexity index is 721. The molecule has 5 heteroatoms. The number of benzene rings is 1. The number of thiophene rings is 1. The molecule has 0 saturated carbocycles. The summed E-state index contributed by atoms with van der Waals surface area (Å²) in [4.78, 5) is 1.47. The number of fused-ring (bicyclic) bond motifs is 1. The van der Waals surface area contributed by atoms with Gasteiger partial charge >= 0.3 is 0 Å². The summed E-state index contributed by atoms with van der Waals surface area (Å²) >= 11 is 1.58. The molecule has 21 heavy (non-hydrogen) atoms. The Hall–Kier alpha value is -1.17. The van der Waals surface area contributed by atoms with Crippen LogP contribution in [-0.4, -0.2) is 19.8 Å². The first-order valence-electron chi connectivity index (χ1n) is 7.18. The van der Waals surface area contributed by atoms with Gasteiger partial charge in [-0.05, 0) is 60.4 Å². The zero-order valence-corrected chi connectivity index (χ0v) is 13.7. The van der Waals surface area contributed by atoms with Gasteiger partial charge in [-0.25, -0.2) is 8.42 Å². The van der Waals surface area contributed by atoms with Crippen molar-refractivity contribution in [3.8, 4) is 0 Å². The van der Waals surface area contributed by atoms with Crippen LogP contribution in [0.5, 0.6) is 0 Å². The molecule has 1 aromatic carbocycles. The van der Waals surface area contributed by atoms with Gasteiger partial charge in [0.2, 0.25) is 10.0 Å². The smallest absolute Gasteiger partial charge is 0.207 e. The Morgan fingerprint density at radius 2 is 1.90 bits per heavy atom. The maximum Gasteiger partial charge on any atom is 0.243 e. The van der Waals surface area contributed by atoms with Gasteiger partial charge in [0.05, 0.1) is 4.90 Å². The minimum absolute atomic E-state index is 0.419. The third-order valence-electron chi connectivity index (χ3n) is 3.99. The van der Waals surface area contributed by atoms with E-state index in [0.717, 1.165) is 24.1 Å². The fourth-order valence-electron chi connectivity index (χ4n) is 2.76. The highest BCUT2D eigenvalue weighted by atomic mass is 32.2. The largest absolute Gasteiger partial charge is 0.243 e. The number of aryl methyl sites for hydroxylation is 2. The molecular weight excluding hydrogens is 302 g/mol. The van der Waals surface area contributed by atoms with Gasteiger partial charge in [0.1, 0.15) is 0 Å². The van der Waals surface area contributed by atoms with Gasteiger partial charge in [0.25, 0.3) is 0 Å². The zero-order chi connectivity index (χ0) is 14.9. The Morgan fingerprint density at radius 1 is 1.14 bits per heavy atom. The van der Waals surface area contributed by atoms with Gasteiger partial charge in [0, 0.05) is 18.5 Å². The van der Waals surface area contributed by atoms with Crippen molar-refractivity contribution in [1.82, 2.24) is 4.31 Å². The van der Waals surface area contributed by atoms with Crippen LogP contribution >= 0.6 is 11.3 Å². The molecule has 0 aliphatic heterocycles. The van der Waals surface area contributed by atoms with Crippen LogP contribution in [0, 0.1) is 0 Å². The van der Waals surface area contributed by atoms with Crippen molar-refractivity contribution in [2.75, 3.05) is 7.05 Å². The minimum Gasteiger partial charge on any atom is -0.207 e. The fourth-order valence-corrected chi connectivity index (χ4v) is 4.80. The quantitative estimate of drug-likeness (QED) is 0.865. The molecule has 112 valence electrons. The maximum atomic E-state index is 12.7. The molecule has 0 spiro atoms. The van der Waals surface area contributed by atoms with E-state index in [0.29, 0.717) is 11.4 Å². The van der Waals surface area contributed by atoms with E-state index < -0.39 is 10.0 Å². The van der Waals surface area contributed by atoms with Crippen molar-refractivity contribution in [1.29, 1.82) is 0 Å². The summed E-state index contributed by atoms with van der Waals surface area (Å²) in [5.74, 6) is 0. The van der Waals surface area contributed by atoms with Gasteiger partial charge in [0.15, 0.2) is 0 Å². The minimum atomic E-state index is -3.41. The second kappa shape index (κ2) is 5.91. The molecule has 0 amide bonds. The highest BCUT2D eigenvalue weighted by Crippen LogP contribution is 2.26. The highest BCUT2D eigenvalue weighted by molar-refractivity contribution is 7.89. The van der Waals surface area contributed by atoms with Crippen LogP contribution in [-0.2, 0) is 29.4 Å². The lowest BCUT2D eigenvalue weighted by Crippen LogP contribution is -2.26. The molecule has 1 aromatic heterocycles. The maximum absolute atomic E-state index is 12.7. The van der Waals surface area contributed by atoms with Crippen molar-refractivity contribution < 1.29 is 8.42 Å². The molecule has 0 radical (unpaired) electrons. The molecule has 3 nitrogen and oxygen atoms in total. The topological polar surface area (TPSA) is 37.4 Å². The van der Waals surface area contributed by atoms with E-state index in [1.165, 1.54) is 21.9 Å². The number of sulfonamides is 1. The second-order valence-electron chi connectivity index (χ2n) is 5.48. The van der Waals surface area contributed by atoms with Crippen molar-refractivity contribution in [2.24, 2.45) is 0 Å². The van der Waals surface area contributed by atoms with Crippen LogP contribution in [0.15, 0.2) is 40.6 Å². The second-order valence-corrected chi connectivity index (χ2v) is 8.56. The Kier molecular flexibility index (Phi) is 4.15. The predicted molar refractivity (Wildman–Crippen MR) is 86.1 cm³/mol. The van der Waals surface area contributed by atoms with Crippen LogP contribution in [0.4, 0.5) is 0 Å². The Morgan fingerprint density at radius 3 is 2.62 bits per heavy atom. The highest BCUT2D eigenvalue weighted by Gasteiger charge is 2.22. The third kappa shape index (κ3) is 3.05. The molecule has 0 saturated heterocycles. The normalized spacial score (nSPS) is 15.1. The van der Waals surface area contributed by atoms with Crippen molar-refractivity contribution in [3.05, 3.63) is 51.7 Å². The lowest BCUT2D eigenvalue weighted by atomic mass is 9.92. The molecule has 2 aromatic rings. The molecule has 0 atom stereocenters. The summed E-state index contributed by atoms with van der Waals surface area (Å²) in [5.41, 5.74) is 2.51. The number of hydrogen-bond donors (Lipinski definition) is 0. The third-order valence-corrected chi connectivity index (χ3v) is 6.65. The first-order valence-corrected chi connectivity index (χ1v) is 9.50. The SMILES string of the molecule is CN(Cc1cccs1)S(=O)(=O)c1ccc2c(c1)CCCC2. The number of nitrogens with zero attached hydrogens (tertiary/aromatic N) is 1. The average molecular weight is 321 g/mol. The van der Waals surface area contributed by atoms with Gasteiger partial charge in [-0.15, -0.1) is 11.3 Å². The molecule has 0 fully saturated rings. The van der Waals surface area contributed by atoms with E-state index in [2.05, 4.69) is 0 Å². The van der Waals surface area contributed by atoms with Crippen molar-refractivity contribution >= 4 is 21.4 Å². The summed E-state index contributed by atoms with van der Waals surface area (Å²) < 4.78 is 26.8. The fraction of sp³-hybridized carbons (Fsp3) is 0.375. The zero-order valence-electron chi connectivity index (χ0n) is 12.1. The first kappa shape index (κ1) is 14.8. The molecule has 1 aliphatic carbocycles. The summed E-state index contributed by atoms with van der Waals surface area (Å²) in [7, 11) is -1.76. The van der Waals surface area contributed by atoms with Crippen LogP contribution in [0.25, 0.3) is 0 Å². The summed E-state index contributed by atoms with van der Waals surface area (Å²) in [6.45, 7) is 0.428. The molecule has 1 aliphatic rings. The molecule has 1 heterocycles. The van der Waals surface area contributed by atoms with Crippen LogP contribution in [0.2, 0.25) is 0 Å². The van der Waals surface area contributed by atoms with E-state index in [1.807, 2.05) is 29.6 Å². The predicted octanol–water partition coefficient (Wildman–Crippen LogP) is 3.45. The van der Waals surface area contributed by atoms with E-state index >= 15 is 0 Å². The molecule has 0 N–H and O–H groups in total. The van der Waals surface area contributed by atoms with Gasteiger partial charge < -0.3 is 0 Å². The summed E-state index contributed by atoms with van der Waals surface area (Å²) in [5, 5.41) is 1.97. The lowest BCUT2D eigenvalue weighted by molar-refractivity contribution is 0.469. The molecule has 0 bridgehead atoms. The summed E-state index contributed by atoms with van der Waals surface area (Å²) in [6.07, 6.45) is 4.42. The average Bonchev–Trinajstić information content (AvgIpc) is 2.99. The Labute approximate surface area is 130 Å². The standard InChI is InChI=1S/C16H19NO2S2/c1-17(12-15-7-4-10-20-15)21(18,19)16-9-8-13-5-2-3-6-14(13)11-16/h4,7-11H,2-3,5-6,12H2,1H3. The monoisotopic (exact) mass is 321 g/mol. The Balaban J connectivity index is 1.87. The van der Waals surface area contributed by atoms with E-state index in [1.54, 1.807) is 24.5 Å². The molecule has 3 rings (SSSR count). The van der Waals surface area contributed by atoms with E-state index in [-0.39, 0.29) is 0 Å². The molecule has 0 unspecified atom stereocenters. The van der Waals surface area contributed by atoms with Gasteiger partial charge in [-0.1, -0.05) is 12.1 Å². The van der Waals surface area contributed by atoms with Crippen molar-refractivity contribution in [3.63, 3.8) is 0 Å². The van der Waals surface area contributed by atoms with E-state index in [4.69, 9.17) is 0 Å². The molecular formula is C16H19NO2S2. The van der Waals surface area contributed by atoms with E-state index in [9.17, 15) is 8.42 Å².